The van der Waals surface area contributed by atoms with Gasteiger partial charge in [-0.15, -0.1) is 11.3 Å². The number of aryl methyl sites for hydroxylation is 2. The van der Waals surface area contributed by atoms with E-state index in [9.17, 15) is 9.59 Å². The van der Waals surface area contributed by atoms with Crippen LogP contribution in [0.25, 0.3) is 32.6 Å². The Morgan fingerprint density at radius 3 is 2.68 bits per heavy atom. The van der Waals surface area contributed by atoms with E-state index >= 15 is 0 Å². The predicted octanol–water partition coefficient (Wildman–Crippen LogP) is 6.15. The van der Waals surface area contributed by atoms with Crippen LogP contribution in [0.5, 0.6) is 0 Å². The van der Waals surface area contributed by atoms with E-state index in [1.54, 1.807) is 31.4 Å². The molecule has 0 spiro atoms. The van der Waals surface area contributed by atoms with Gasteiger partial charge in [0.15, 0.2) is 5.76 Å². The molecule has 0 saturated heterocycles. The maximum atomic E-state index is 13.7. The largest absolute Gasteiger partial charge is 0.463 e. The molecule has 1 aromatic carbocycles. The molecule has 0 aliphatic carbocycles. The summed E-state index contributed by atoms with van der Waals surface area (Å²) in [6, 6.07) is 14.6. The summed E-state index contributed by atoms with van der Waals surface area (Å²) in [7, 11) is 0. The zero-order valence-corrected chi connectivity index (χ0v) is 19.7. The molecule has 170 valence electrons. The number of aromatic nitrogens is 2. The van der Waals surface area contributed by atoms with Crippen LogP contribution in [-0.4, -0.2) is 28.5 Å². The van der Waals surface area contributed by atoms with Crippen LogP contribution < -0.4 is 5.32 Å². The molecule has 0 aliphatic rings. The van der Waals surface area contributed by atoms with Crippen LogP contribution in [0.15, 0.2) is 59.2 Å². The Morgan fingerprint density at radius 1 is 1.09 bits per heavy atom. The van der Waals surface area contributed by atoms with Gasteiger partial charge in [-0.25, -0.2) is 14.8 Å². The van der Waals surface area contributed by atoms with Crippen molar-refractivity contribution in [1.82, 2.24) is 9.97 Å². The van der Waals surface area contributed by atoms with Crippen LogP contribution in [-0.2, 0) is 4.74 Å². The summed E-state index contributed by atoms with van der Waals surface area (Å²) in [5.41, 5.74) is 3.79. The van der Waals surface area contributed by atoms with Gasteiger partial charge >= 0.3 is 5.97 Å². The predicted molar refractivity (Wildman–Crippen MR) is 132 cm³/mol. The number of rotatable bonds is 5. The van der Waals surface area contributed by atoms with Crippen molar-refractivity contribution in [1.29, 1.82) is 0 Å². The second kappa shape index (κ2) is 8.72. The first-order valence-electron chi connectivity index (χ1n) is 10.8. The van der Waals surface area contributed by atoms with Crippen molar-refractivity contribution < 1.29 is 18.7 Å². The number of nitrogens with zero attached hydrogens (tertiary/aromatic N) is 2. The van der Waals surface area contributed by atoms with Crippen LogP contribution in [0, 0.1) is 13.8 Å². The van der Waals surface area contributed by atoms with E-state index in [1.165, 1.54) is 11.3 Å². The van der Waals surface area contributed by atoms with Gasteiger partial charge in [-0.3, -0.25) is 4.79 Å². The standard InChI is InChI=1S/C26H21N3O4S/c1-4-32-26(31)23-22(21-14(2)12-15(3)27-25(21)34-23)29-24(30)17-13-19(20-10-7-11-33-20)28-18-9-6-5-8-16(17)18/h5-13H,4H2,1-3H3,(H,29,30). The van der Waals surface area contributed by atoms with Gasteiger partial charge in [0, 0.05) is 16.5 Å². The van der Waals surface area contributed by atoms with Gasteiger partial charge < -0.3 is 14.5 Å². The molecular formula is C26H21N3O4S. The lowest BCUT2D eigenvalue weighted by Gasteiger charge is -2.11. The highest BCUT2D eigenvalue weighted by atomic mass is 32.1. The molecule has 0 bridgehead atoms. The number of pyridine rings is 2. The van der Waals surface area contributed by atoms with E-state index in [1.807, 2.05) is 44.2 Å². The van der Waals surface area contributed by atoms with Gasteiger partial charge in [0.25, 0.3) is 5.91 Å². The molecule has 0 fully saturated rings. The number of furan rings is 1. The lowest BCUT2D eigenvalue weighted by molar-refractivity contribution is 0.0533. The number of carbonyl (C=O) groups is 2. The Bertz CT molecular complexity index is 1550. The van der Waals surface area contributed by atoms with Crippen molar-refractivity contribution in [2.75, 3.05) is 11.9 Å². The number of anilines is 1. The van der Waals surface area contributed by atoms with Crippen molar-refractivity contribution in [3.05, 3.63) is 76.5 Å². The molecule has 8 heteroatoms. The number of esters is 1. The van der Waals surface area contributed by atoms with Crippen molar-refractivity contribution in [3.63, 3.8) is 0 Å². The number of hydrogen-bond donors (Lipinski definition) is 1. The molecule has 1 N–H and O–H groups in total. The second-order valence-electron chi connectivity index (χ2n) is 7.79. The molecule has 4 aromatic heterocycles. The Labute approximate surface area is 199 Å². The van der Waals surface area contributed by atoms with Gasteiger partial charge in [-0.05, 0) is 56.7 Å². The first-order valence-corrected chi connectivity index (χ1v) is 11.6. The number of carbonyl (C=O) groups excluding carboxylic acids is 2. The summed E-state index contributed by atoms with van der Waals surface area (Å²) in [4.78, 5) is 36.6. The van der Waals surface area contributed by atoms with Gasteiger partial charge in [0.05, 0.1) is 29.6 Å². The number of nitrogens with one attached hydrogen (secondary N) is 1. The molecule has 4 heterocycles. The summed E-state index contributed by atoms with van der Waals surface area (Å²) < 4.78 is 10.8. The lowest BCUT2D eigenvalue weighted by Crippen LogP contribution is -2.15. The van der Waals surface area contributed by atoms with Crippen molar-refractivity contribution in [2.24, 2.45) is 0 Å². The molecule has 0 atom stereocenters. The molecule has 1 amide bonds. The molecule has 0 unspecified atom stereocenters. The maximum Gasteiger partial charge on any atom is 0.350 e. The fourth-order valence-corrected chi connectivity index (χ4v) is 5.14. The minimum absolute atomic E-state index is 0.230. The first-order chi connectivity index (χ1) is 16.5. The number of thiophene rings is 1. The van der Waals surface area contributed by atoms with Crippen LogP contribution in [0.4, 0.5) is 5.69 Å². The zero-order chi connectivity index (χ0) is 23.8. The number of benzene rings is 1. The van der Waals surface area contributed by atoms with E-state index in [0.717, 1.165) is 16.6 Å². The third-order valence-electron chi connectivity index (χ3n) is 5.42. The van der Waals surface area contributed by atoms with Crippen molar-refractivity contribution in [3.8, 4) is 11.5 Å². The quantitative estimate of drug-likeness (QED) is 0.309. The van der Waals surface area contributed by atoms with Crippen LogP contribution in [0.1, 0.15) is 38.2 Å². The van der Waals surface area contributed by atoms with Crippen molar-refractivity contribution in [2.45, 2.75) is 20.8 Å². The monoisotopic (exact) mass is 471 g/mol. The molecule has 5 aromatic rings. The minimum atomic E-state index is -0.492. The SMILES string of the molecule is CCOC(=O)c1sc2nc(C)cc(C)c2c1NC(=O)c1cc(-c2ccco2)nc2ccccc12. The van der Waals surface area contributed by atoms with Gasteiger partial charge in [-0.1, -0.05) is 18.2 Å². The average molecular weight is 472 g/mol. The number of ether oxygens (including phenoxy) is 1. The van der Waals surface area contributed by atoms with Crippen molar-refractivity contribution >= 4 is 50.0 Å². The number of para-hydroxylation sites is 1. The average Bonchev–Trinajstić information content (AvgIpc) is 3.47. The third-order valence-corrected chi connectivity index (χ3v) is 6.48. The lowest BCUT2D eigenvalue weighted by atomic mass is 10.1. The first kappa shape index (κ1) is 21.8. The fraction of sp³-hybridized carbons (Fsp3) is 0.154. The van der Waals surface area contributed by atoms with Gasteiger partial charge in [-0.2, -0.15) is 0 Å². The molecular weight excluding hydrogens is 450 g/mol. The third kappa shape index (κ3) is 3.82. The van der Waals surface area contributed by atoms with E-state index in [2.05, 4.69) is 15.3 Å². The Hall–Kier alpha value is -4.04. The highest BCUT2D eigenvalue weighted by Gasteiger charge is 2.25. The summed E-state index contributed by atoms with van der Waals surface area (Å²) in [5, 5.41) is 4.41. The number of hydrogen-bond acceptors (Lipinski definition) is 7. The minimum Gasteiger partial charge on any atom is -0.463 e. The summed E-state index contributed by atoms with van der Waals surface area (Å²) in [5.74, 6) is -0.297. The van der Waals surface area contributed by atoms with E-state index in [4.69, 9.17) is 9.15 Å². The molecule has 5 rings (SSSR count). The molecule has 0 saturated carbocycles. The smallest absolute Gasteiger partial charge is 0.350 e. The Kier molecular flexibility index (Phi) is 5.59. The Balaban J connectivity index is 1.66. The highest BCUT2D eigenvalue weighted by molar-refractivity contribution is 7.21. The van der Waals surface area contributed by atoms with Gasteiger partial charge in [0.1, 0.15) is 15.4 Å². The normalized spacial score (nSPS) is 11.1. The zero-order valence-electron chi connectivity index (χ0n) is 18.8. The van der Waals surface area contributed by atoms with E-state index < -0.39 is 5.97 Å². The van der Waals surface area contributed by atoms with Crippen LogP contribution in [0.2, 0.25) is 0 Å². The van der Waals surface area contributed by atoms with Crippen LogP contribution >= 0.6 is 11.3 Å². The summed E-state index contributed by atoms with van der Waals surface area (Å²) in [6.07, 6.45) is 1.56. The van der Waals surface area contributed by atoms with E-state index in [0.29, 0.717) is 43.3 Å². The number of amides is 1. The highest BCUT2D eigenvalue weighted by Crippen LogP contribution is 2.38. The molecule has 0 radical (unpaired) electrons. The van der Waals surface area contributed by atoms with Gasteiger partial charge in [0.2, 0.25) is 0 Å². The van der Waals surface area contributed by atoms with E-state index in [-0.39, 0.29) is 12.5 Å². The second-order valence-corrected chi connectivity index (χ2v) is 8.79. The molecule has 34 heavy (non-hydrogen) atoms. The van der Waals surface area contributed by atoms with Crippen LogP contribution in [0.3, 0.4) is 0 Å². The maximum absolute atomic E-state index is 13.7. The molecule has 0 aliphatic heterocycles. The Morgan fingerprint density at radius 2 is 1.91 bits per heavy atom. The summed E-state index contributed by atoms with van der Waals surface area (Å²) in [6.45, 7) is 5.81. The fourth-order valence-electron chi connectivity index (χ4n) is 4.00. The molecule has 7 nitrogen and oxygen atoms in total. The number of fused-ring (bicyclic) bond motifs is 2. The summed E-state index contributed by atoms with van der Waals surface area (Å²) >= 11 is 1.21. The topological polar surface area (TPSA) is 94.3 Å².